The predicted octanol–water partition coefficient (Wildman–Crippen LogP) is 3.14. The molecule has 1 aromatic heterocycles. The van der Waals surface area contributed by atoms with Crippen molar-refractivity contribution in [3.8, 4) is 0 Å². The molecule has 0 aliphatic heterocycles. The van der Waals surface area contributed by atoms with Crippen LogP contribution in [0.2, 0.25) is 0 Å². The van der Waals surface area contributed by atoms with E-state index in [1.165, 1.54) is 0 Å². The molecule has 0 saturated heterocycles. The number of nitrogens with zero attached hydrogens (tertiary/aromatic N) is 1. The summed E-state index contributed by atoms with van der Waals surface area (Å²) in [6, 6.07) is 6.11. The van der Waals surface area contributed by atoms with Crippen molar-refractivity contribution in [1.29, 1.82) is 0 Å². The molecule has 0 saturated carbocycles. The minimum absolute atomic E-state index is 0.334. The lowest BCUT2D eigenvalue weighted by Gasteiger charge is -2.17. The number of hydrogen-bond acceptors (Lipinski definition) is 3. The molecule has 0 aliphatic carbocycles. The first-order chi connectivity index (χ1) is 8.51. The number of hydrogen-bond donors (Lipinski definition) is 1. The maximum atomic E-state index is 5.67. The summed E-state index contributed by atoms with van der Waals surface area (Å²) in [4.78, 5) is 4.56. The smallest absolute Gasteiger partial charge is 0.0887 e. The molecule has 18 heavy (non-hydrogen) atoms. The first-order valence-corrected chi connectivity index (χ1v) is 6.74. The van der Waals surface area contributed by atoms with Crippen molar-refractivity contribution in [2.75, 3.05) is 13.2 Å². The summed E-state index contributed by atoms with van der Waals surface area (Å²) in [5.41, 5.74) is 2.42. The van der Waals surface area contributed by atoms with Crippen LogP contribution in [-0.2, 0) is 17.9 Å². The van der Waals surface area contributed by atoms with Gasteiger partial charge in [0.2, 0.25) is 0 Å². The fourth-order valence-corrected chi connectivity index (χ4v) is 1.52. The number of pyridine rings is 1. The van der Waals surface area contributed by atoms with Crippen LogP contribution >= 0.6 is 0 Å². The number of rotatable bonds is 7. The number of nitrogens with one attached hydrogen (secondary N) is 1. The van der Waals surface area contributed by atoms with E-state index in [4.69, 9.17) is 4.74 Å². The van der Waals surface area contributed by atoms with Crippen LogP contribution in [-0.4, -0.2) is 18.1 Å². The summed E-state index contributed by atoms with van der Waals surface area (Å²) in [6.07, 6.45) is 1.07. The Morgan fingerprint density at radius 1 is 1.22 bits per heavy atom. The summed E-state index contributed by atoms with van der Waals surface area (Å²) in [7, 11) is 0. The Morgan fingerprint density at radius 3 is 2.61 bits per heavy atom. The van der Waals surface area contributed by atoms with E-state index in [1.54, 1.807) is 0 Å². The van der Waals surface area contributed by atoms with Crippen LogP contribution in [0.4, 0.5) is 0 Å². The molecule has 0 fully saturated rings. The minimum atomic E-state index is 0.334. The lowest BCUT2D eigenvalue weighted by Crippen LogP contribution is -2.13. The quantitative estimate of drug-likeness (QED) is 0.755. The Morgan fingerprint density at radius 2 is 1.94 bits per heavy atom. The molecule has 0 bridgehead atoms. The van der Waals surface area contributed by atoms with E-state index in [2.05, 4.69) is 38.0 Å². The summed E-state index contributed by atoms with van der Waals surface area (Å²) < 4.78 is 5.67. The van der Waals surface area contributed by atoms with Gasteiger partial charge in [-0.2, -0.15) is 0 Å². The highest BCUT2D eigenvalue weighted by atomic mass is 16.5. The van der Waals surface area contributed by atoms with Gasteiger partial charge in [-0.05, 0) is 30.5 Å². The molecule has 102 valence electrons. The van der Waals surface area contributed by atoms with Gasteiger partial charge in [-0.3, -0.25) is 4.98 Å². The Kier molecular flexibility index (Phi) is 6.30. The van der Waals surface area contributed by atoms with E-state index in [9.17, 15) is 0 Å². The van der Waals surface area contributed by atoms with E-state index in [0.29, 0.717) is 12.0 Å². The predicted molar refractivity (Wildman–Crippen MR) is 75.3 cm³/mol. The van der Waals surface area contributed by atoms with E-state index in [-0.39, 0.29) is 0 Å². The van der Waals surface area contributed by atoms with Gasteiger partial charge in [0, 0.05) is 13.2 Å². The third-order valence-electron chi connectivity index (χ3n) is 2.67. The van der Waals surface area contributed by atoms with E-state index in [1.807, 2.05) is 18.2 Å². The van der Waals surface area contributed by atoms with Gasteiger partial charge in [0.25, 0.3) is 0 Å². The first kappa shape index (κ1) is 15.1. The fraction of sp³-hybridized carbons (Fsp3) is 0.667. The summed E-state index contributed by atoms with van der Waals surface area (Å²) in [5.74, 6) is 0. The summed E-state index contributed by atoms with van der Waals surface area (Å²) >= 11 is 0. The highest BCUT2D eigenvalue weighted by Gasteiger charge is 2.09. The molecule has 3 nitrogen and oxygen atoms in total. The zero-order valence-electron chi connectivity index (χ0n) is 12.1. The minimum Gasteiger partial charge on any atom is -0.375 e. The van der Waals surface area contributed by atoms with Crippen molar-refractivity contribution in [2.45, 2.75) is 47.3 Å². The Labute approximate surface area is 111 Å². The maximum absolute atomic E-state index is 5.67. The second-order valence-corrected chi connectivity index (χ2v) is 5.76. The van der Waals surface area contributed by atoms with E-state index in [0.717, 1.165) is 37.5 Å². The zero-order valence-corrected chi connectivity index (χ0v) is 12.1. The third-order valence-corrected chi connectivity index (χ3v) is 2.67. The maximum Gasteiger partial charge on any atom is 0.0887 e. The molecule has 0 amide bonds. The number of aromatic nitrogens is 1. The van der Waals surface area contributed by atoms with Crippen LogP contribution < -0.4 is 5.32 Å². The summed E-state index contributed by atoms with van der Waals surface area (Å²) in [6.45, 7) is 12.0. The normalized spacial score (nSPS) is 11.8. The monoisotopic (exact) mass is 250 g/mol. The van der Waals surface area contributed by atoms with Crippen molar-refractivity contribution < 1.29 is 4.74 Å². The van der Waals surface area contributed by atoms with Crippen molar-refractivity contribution in [3.05, 3.63) is 29.6 Å². The van der Waals surface area contributed by atoms with Crippen LogP contribution in [0.3, 0.4) is 0 Å². The SMILES string of the molecule is CCNCc1cccc(COCCC(C)(C)C)n1. The van der Waals surface area contributed by atoms with Crippen LogP contribution in [0, 0.1) is 5.41 Å². The zero-order chi connectivity index (χ0) is 13.4. The highest BCUT2D eigenvalue weighted by molar-refractivity contribution is 5.10. The molecule has 1 aromatic rings. The Bertz CT molecular complexity index is 345. The van der Waals surface area contributed by atoms with Gasteiger partial charge in [0.05, 0.1) is 18.0 Å². The average Bonchev–Trinajstić information content (AvgIpc) is 2.31. The molecule has 0 atom stereocenters. The van der Waals surface area contributed by atoms with Crippen LogP contribution in [0.25, 0.3) is 0 Å². The van der Waals surface area contributed by atoms with Gasteiger partial charge in [0.15, 0.2) is 0 Å². The van der Waals surface area contributed by atoms with Crippen molar-refractivity contribution in [1.82, 2.24) is 10.3 Å². The molecule has 0 spiro atoms. The fourth-order valence-electron chi connectivity index (χ4n) is 1.52. The molecule has 3 heteroatoms. The van der Waals surface area contributed by atoms with Gasteiger partial charge < -0.3 is 10.1 Å². The molecule has 0 aliphatic rings. The molecule has 1 rings (SSSR count). The van der Waals surface area contributed by atoms with E-state index >= 15 is 0 Å². The topological polar surface area (TPSA) is 34.1 Å². The van der Waals surface area contributed by atoms with Crippen LogP contribution in [0.15, 0.2) is 18.2 Å². The number of ether oxygens (including phenoxy) is 1. The van der Waals surface area contributed by atoms with Crippen LogP contribution in [0.1, 0.15) is 45.5 Å². The van der Waals surface area contributed by atoms with Gasteiger partial charge >= 0.3 is 0 Å². The van der Waals surface area contributed by atoms with Crippen molar-refractivity contribution in [2.24, 2.45) is 5.41 Å². The van der Waals surface area contributed by atoms with E-state index < -0.39 is 0 Å². The lowest BCUT2D eigenvalue weighted by atomic mass is 9.93. The average molecular weight is 250 g/mol. The highest BCUT2D eigenvalue weighted by Crippen LogP contribution is 2.18. The summed E-state index contributed by atoms with van der Waals surface area (Å²) in [5, 5.41) is 3.28. The molecular formula is C15H26N2O. The molecule has 0 aromatic carbocycles. The Balaban J connectivity index is 2.33. The second-order valence-electron chi connectivity index (χ2n) is 5.76. The van der Waals surface area contributed by atoms with Gasteiger partial charge in [0.1, 0.15) is 0 Å². The van der Waals surface area contributed by atoms with Crippen LogP contribution in [0.5, 0.6) is 0 Å². The molecule has 0 radical (unpaired) electrons. The largest absolute Gasteiger partial charge is 0.375 e. The second kappa shape index (κ2) is 7.49. The molecule has 0 unspecified atom stereocenters. The van der Waals surface area contributed by atoms with Gasteiger partial charge in [-0.1, -0.05) is 33.8 Å². The third kappa shape index (κ3) is 6.72. The van der Waals surface area contributed by atoms with Gasteiger partial charge in [-0.15, -0.1) is 0 Å². The molecule has 1 heterocycles. The molecule has 1 N–H and O–H groups in total. The van der Waals surface area contributed by atoms with Gasteiger partial charge in [-0.25, -0.2) is 0 Å². The molecular weight excluding hydrogens is 224 g/mol. The first-order valence-electron chi connectivity index (χ1n) is 6.74. The lowest BCUT2D eigenvalue weighted by molar-refractivity contribution is 0.0940. The Hall–Kier alpha value is -0.930. The standard InChI is InChI=1S/C15H26N2O/c1-5-16-11-13-7-6-8-14(17-13)12-18-10-9-15(2,3)4/h6-8,16H,5,9-12H2,1-4H3. The van der Waals surface area contributed by atoms with Crippen molar-refractivity contribution >= 4 is 0 Å². The van der Waals surface area contributed by atoms with Crippen molar-refractivity contribution in [3.63, 3.8) is 0 Å².